The Morgan fingerprint density at radius 3 is 2.48 bits per heavy atom. The Balaban J connectivity index is 0.678. The Morgan fingerprint density at radius 2 is 1.76 bits per heavy atom. The molecule has 6 aromatic rings. The number of amides is 2. The Hall–Kier alpha value is -6.61. The van der Waals surface area contributed by atoms with Gasteiger partial charge in [-0.3, -0.25) is 14.3 Å². The Kier molecular flexibility index (Phi) is 13.7. The zero-order valence-corrected chi connectivity index (χ0v) is 41.7. The maximum absolute atomic E-state index is 14.4. The van der Waals surface area contributed by atoms with E-state index in [9.17, 15) is 19.8 Å². The van der Waals surface area contributed by atoms with E-state index < -0.39 is 18.1 Å². The molecule has 4 atom stereocenters. The number of benzene rings is 2. The lowest BCUT2D eigenvalue weighted by atomic mass is 9.60. The lowest BCUT2D eigenvalue weighted by Crippen LogP contribution is -2.49. The Labute approximate surface area is 418 Å². The summed E-state index contributed by atoms with van der Waals surface area (Å²) in [5.41, 5.74) is 13.8. The van der Waals surface area contributed by atoms with Crippen molar-refractivity contribution in [3.8, 4) is 39.3 Å². The van der Waals surface area contributed by atoms with Gasteiger partial charge in [0.2, 0.25) is 11.8 Å². The summed E-state index contributed by atoms with van der Waals surface area (Å²) >= 11 is 1.60. The largest absolute Gasteiger partial charge is 0.507 e. The molecule has 5 N–H and O–H groups in total. The number of aliphatic hydroxyl groups is 1. The van der Waals surface area contributed by atoms with Crippen molar-refractivity contribution in [1.29, 1.82) is 0 Å². The molecule has 0 unspecified atom stereocenters. The fourth-order valence-electron chi connectivity index (χ4n) is 11.2. The van der Waals surface area contributed by atoms with Gasteiger partial charge in [-0.05, 0) is 112 Å². The SMILES string of the molecule is Cc1ncsc1-c1ccc([C@H](C)NC(=O)[C@@H]2C[C@@H](O)CN2C(=O)[C@@H](c2cc(N3CCC(CN4CCC5(CC4)CC(n4cc(C#Cc6cc(-c7ccccc7O)nnc6N)cn4)C5)CC3)no2)C(C)C)cc1. The number of likely N-dealkylation sites (tertiary alicyclic amines) is 2. The molecular formula is C54H63N11O5S. The highest BCUT2D eigenvalue weighted by Gasteiger charge is 2.47. The molecule has 3 aliphatic heterocycles. The summed E-state index contributed by atoms with van der Waals surface area (Å²) in [6.45, 7) is 13.0. The second-order valence-corrected chi connectivity index (χ2v) is 21.5. The van der Waals surface area contributed by atoms with Crippen LogP contribution >= 0.6 is 11.3 Å². The first-order chi connectivity index (χ1) is 34.3. The van der Waals surface area contributed by atoms with E-state index in [1.165, 1.54) is 17.7 Å². The number of nitrogen functional groups attached to an aromatic ring is 1. The number of nitrogens with one attached hydrogen (secondary N) is 1. The monoisotopic (exact) mass is 977 g/mol. The number of aryl methyl sites for hydroxylation is 1. The fraction of sp³-hybridized carbons (Fsp3) is 0.463. The van der Waals surface area contributed by atoms with Crippen LogP contribution in [0.15, 0.2) is 83.1 Å². The second kappa shape index (κ2) is 20.2. The van der Waals surface area contributed by atoms with Gasteiger partial charge in [-0.25, -0.2) is 4.98 Å². The summed E-state index contributed by atoms with van der Waals surface area (Å²) in [6, 6.07) is 18.0. The lowest BCUT2D eigenvalue weighted by Gasteiger charge is -2.52. The quantitative estimate of drug-likeness (QED) is 0.0887. The predicted molar refractivity (Wildman–Crippen MR) is 272 cm³/mol. The van der Waals surface area contributed by atoms with Crippen molar-refractivity contribution in [2.45, 2.75) is 103 Å². The molecule has 1 saturated carbocycles. The van der Waals surface area contributed by atoms with Crippen LogP contribution in [0.1, 0.15) is 112 Å². The van der Waals surface area contributed by atoms with E-state index in [0.717, 1.165) is 91.5 Å². The van der Waals surface area contributed by atoms with Crippen LogP contribution in [0.4, 0.5) is 11.6 Å². The van der Waals surface area contributed by atoms with Crippen molar-refractivity contribution >= 4 is 34.8 Å². The summed E-state index contributed by atoms with van der Waals surface area (Å²) in [7, 11) is 0. The number of phenols is 1. The molecule has 4 fully saturated rings. The lowest BCUT2D eigenvalue weighted by molar-refractivity contribution is -0.141. The number of carbonyl (C=O) groups is 2. The number of anilines is 2. The molecule has 1 spiro atoms. The number of carbonyl (C=O) groups excluding carboxylic acids is 2. The summed E-state index contributed by atoms with van der Waals surface area (Å²) in [5, 5.41) is 41.5. The number of aromatic nitrogens is 6. The van der Waals surface area contributed by atoms with Crippen LogP contribution < -0.4 is 16.0 Å². The Bertz CT molecular complexity index is 2910. The standard InChI is InChI=1S/C54H63N11O5S/c1-33(2)49(53(69)64-31-42(66)24-45(64)52(68)58-34(3)38-11-13-39(14-12-38)50-35(4)56-32-71-50)47-25-48(61-70-47)63-19-15-36(16-20-63)29-62-21-17-54(18-22-62)26-41(27-54)65-30-37(28-57-65)9-10-40-23-44(59-60-51(40)55)43-7-5-6-8-46(43)67/h5-8,11-14,23,25,28,30,32-34,36,41-42,45,49,66-67H,15-22,24,26-27,29,31H2,1-4H3,(H2,55,60)(H,58,68)/t34-,42+,45-,49+/m0/s1. The number of rotatable bonds is 12. The van der Waals surface area contributed by atoms with Crippen molar-refractivity contribution in [2.24, 2.45) is 17.3 Å². The highest BCUT2D eigenvalue weighted by molar-refractivity contribution is 7.13. The number of thiazole rings is 1. The van der Waals surface area contributed by atoms with Gasteiger partial charge in [0.1, 0.15) is 17.7 Å². The number of nitrogens with zero attached hydrogens (tertiary/aromatic N) is 9. The molecular weight excluding hydrogens is 915 g/mol. The third-order valence-electron chi connectivity index (χ3n) is 15.4. The summed E-state index contributed by atoms with van der Waals surface area (Å²) in [6.07, 6.45) is 9.97. The molecule has 71 heavy (non-hydrogen) atoms. The zero-order valence-electron chi connectivity index (χ0n) is 40.9. The number of aromatic hydroxyl groups is 1. The van der Waals surface area contributed by atoms with Crippen LogP contribution in [0.2, 0.25) is 0 Å². The third-order valence-corrected chi connectivity index (χ3v) is 16.4. The molecule has 16 nitrogen and oxygen atoms in total. The van der Waals surface area contributed by atoms with Crippen molar-refractivity contribution in [2.75, 3.05) is 49.9 Å². The zero-order chi connectivity index (χ0) is 49.4. The van der Waals surface area contributed by atoms with Gasteiger partial charge in [0.05, 0.1) is 57.3 Å². The van der Waals surface area contributed by atoms with Gasteiger partial charge < -0.3 is 40.5 Å². The maximum Gasteiger partial charge on any atom is 0.243 e. The number of nitrogens with two attached hydrogens (primary N) is 1. The molecule has 1 aliphatic carbocycles. The first-order valence-electron chi connectivity index (χ1n) is 25.0. The summed E-state index contributed by atoms with van der Waals surface area (Å²) in [4.78, 5) is 40.1. The number of hydrogen-bond donors (Lipinski definition) is 4. The summed E-state index contributed by atoms with van der Waals surface area (Å²) < 4.78 is 8.01. The first kappa shape index (κ1) is 48.0. The summed E-state index contributed by atoms with van der Waals surface area (Å²) in [5.74, 6) is 7.21. The average molecular weight is 978 g/mol. The minimum atomic E-state index is -0.800. The minimum Gasteiger partial charge on any atom is -0.507 e. The molecule has 0 bridgehead atoms. The molecule has 2 aromatic carbocycles. The second-order valence-electron chi connectivity index (χ2n) is 20.6. The Morgan fingerprint density at radius 1 is 1.00 bits per heavy atom. The van der Waals surface area contributed by atoms with Gasteiger partial charge in [0.25, 0.3) is 0 Å². The maximum atomic E-state index is 14.4. The van der Waals surface area contributed by atoms with Crippen molar-refractivity contribution in [3.63, 3.8) is 0 Å². The van der Waals surface area contributed by atoms with E-state index in [-0.39, 0.29) is 48.3 Å². The highest BCUT2D eigenvalue weighted by Crippen LogP contribution is 2.54. The molecule has 4 aliphatic rings. The van der Waals surface area contributed by atoms with Gasteiger partial charge in [-0.1, -0.05) is 67.2 Å². The molecule has 7 heterocycles. The van der Waals surface area contributed by atoms with Crippen LogP contribution in [-0.4, -0.2) is 113 Å². The van der Waals surface area contributed by atoms with E-state index in [1.807, 2.05) is 75.8 Å². The van der Waals surface area contributed by atoms with Crippen molar-refractivity contribution < 1.29 is 24.3 Å². The molecule has 10 rings (SSSR count). The normalized spacial score (nSPS) is 20.4. The predicted octanol–water partition coefficient (Wildman–Crippen LogP) is 7.36. The molecule has 370 valence electrons. The van der Waals surface area contributed by atoms with Gasteiger partial charge >= 0.3 is 0 Å². The number of piperidine rings is 2. The van der Waals surface area contributed by atoms with Gasteiger partial charge in [-0.15, -0.1) is 21.5 Å². The van der Waals surface area contributed by atoms with E-state index in [0.29, 0.717) is 40.0 Å². The number of para-hydroxylation sites is 1. The number of β-amino-alcohol motifs (C(OH)–C–C–N with tert-alkyl or cyclic N) is 1. The topological polar surface area (TPSA) is 205 Å². The van der Waals surface area contributed by atoms with E-state index >= 15 is 0 Å². The van der Waals surface area contributed by atoms with Gasteiger partial charge in [0.15, 0.2) is 17.4 Å². The average Bonchev–Trinajstić information content (AvgIpc) is 4.20. The smallest absolute Gasteiger partial charge is 0.243 e. The van der Waals surface area contributed by atoms with Crippen LogP contribution in [-0.2, 0) is 9.59 Å². The number of phenolic OH excluding ortho intramolecular Hbond substituents is 1. The van der Waals surface area contributed by atoms with E-state index in [2.05, 4.69) is 57.1 Å². The minimum absolute atomic E-state index is 0.0859. The van der Waals surface area contributed by atoms with Crippen LogP contribution in [0.5, 0.6) is 5.75 Å². The molecule has 3 saturated heterocycles. The number of hydrogen-bond acceptors (Lipinski definition) is 14. The number of aliphatic hydroxyl groups excluding tert-OH is 1. The van der Waals surface area contributed by atoms with Crippen LogP contribution in [0, 0.1) is 36.0 Å². The van der Waals surface area contributed by atoms with Gasteiger partial charge in [-0.2, -0.15) is 5.10 Å². The van der Waals surface area contributed by atoms with E-state index in [1.54, 1.807) is 41.8 Å². The van der Waals surface area contributed by atoms with Crippen LogP contribution in [0.3, 0.4) is 0 Å². The molecule has 2 amide bonds. The molecule has 4 aromatic heterocycles. The van der Waals surface area contributed by atoms with Crippen LogP contribution in [0.25, 0.3) is 21.7 Å². The van der Waals surface area contributed by atoms with Crippen molar-refractivity contribution in [1.82, 2.24) is 45.2 Å². The highest BCUT2D eigenvalue weighted by atomic mass is 32.1. The van der Waals surface area contributed by atoms with Gasteiger partial charge in [0, 0.05) is 50.4 Å². The van der Waals surface area contributed by atoms with E-state index in [4.69, 9.17) is 10.3 Å². The third kappa shape index (κ3) is 10.3. The van der Waals surface area contributed by atoms with Crippen molar-refractivity contribution in [3.05, 3.63) is 107 Å². The first-order valence-corrected chi connectivity index (χ1v) is 25.9. The molecule has 0 radical (unpaired) electrons. The molecule has 17 heteroatoms. The fourth-order valence-corrected chi connectivity index (χ4v) is 12.0.